The lowest BCUT2D eigenvalue weighted by Gasteiger charge is -2.40. The number of fused-ring (bicyclic) bond motifs is 4. The molecule has 0 amide bonds. The Balaban J connectivity index is 1.43. The van der Waals surface area contributed by atoms with Gasteiger partial charge in [-0.1, -0.05) is 74.0 Å². The van der Waals surface area contributed by atoms with E-state index >= 15 is 4.39 Å². The van der Waals surface area contributed by atoms with Crippen molar-refractivity contribution in [2.24, 2.45) is 9.98 Å². The van der Waals surface area contributed by atoms with Gasteiger partial charge in [0.25, 0.3) is 0 Å². The van der Waals surface area contributed by atoms with E-state index in [1.54, 1.807) is 6.07 Å². The molecule has 208 valence electrons. The molecule has 2 aliphatic heterocycles. The first-order valence-corrected chi connectivity index (χ1v) is 14.4. The topological polar surface area (TPSA) is 57.8 Å². The van der Waals surface area contributed by atoms with E-state index in [0.717, 1.165) is 53.3 Å². The zero-order chi connectivity index (χ0) is 28.6. The molecular formula is C35H31FN6. The van der Waals surface area contributed by atoms with Crippen molar-refractivity contribution < 1.29 is 4.39 Å². The molecule has 0 saturated heterocycles. The first kappa shape index (κ1) is 25.9. The van der Waals surface area contributed by atoms with Gasteiger partial charge < -0.3 is 10.2 Å². The number of unbranched alkanes of at least 4 members (excludes halogenated alkanes) is 1. The Bertz CT molecular complexity index is 1820. The summed E-state index contributed by atoms with van der Waals surface area (Å²) < 4.78 is 17.5. The number of nitrogens with one attached hydrogen (secondary N) is 1. The van der Waals surface area contributed by atoms with E-state index in [2.05, 4.69) is 41.4 Å². The van der Waals surface area contributed by atoms with Gasteiger partial charge in [-0.25, -0.2) is 19.1 Å². The second-order valence-electron chi connectivity index (χ2n) is 10.7. The van der Waals surface area contributed by atoms with Crippen LogP contribution in [-0.4, -0.2) is 21.5 Å². The Kier molecular flexibility index (Phi) is 6.62. The molecule has 1 unspecified atom stereocenters. The van der Waals surface area contributed by atoms with Crippen molar-refractivity contribution in [2.75, 3.05) is 10.2 Å². The lowest BCUT2D eigenvalue weighted by molar-refractivity contribution is 0.597. The summed E-state index contributed by atoms with van der Waals surface area (Å²) in [4.78, 5) is 12.4. The van der Waals surface area contributed by atoms with Crippen LogP contribution in [0.2, 0.25) is 0 Å². The van der Waals surface area contributed by atoms with Gasteiger partial charge in [0.1, 0.15) is 5.82 Å². The van der Waals surface area contributed by atoms with Crippen molar-refractivity contribution in [2.45, 2.75) is 39.2 Å². The lowest BCUT2D eigenvalue weighted by atomic mass is 9.93. The maximum atomic E-state index is 15.7. The molecule has 1 aromatic heterocycles. The molecule has 0 bridgehead atoms. The van der Waals surface area contributed by atoms with Crippen molar-refractivity contribution in [3.05, 3.63) is 131 Å². The second-order valence-corrected chi connectivity index (χ2v) is 10.7. The number of nitrogens with zero attached hydrogens (tertiary/aromatic N) is 5. The Morgan fingerprint density at radius 3 is 2.36 bits per heavy atom. The number of benzene rings is 4. The molecule has 0 fully saturated rings. The average molecular weight is 555 g/mol. The summed E-state index contributed by atoms with van der Waals surface area (Å²) in [5.74, 6) is 1.60. The van der Waals surface area contributed by atoms with E-state index < -0.39 is 6.04 Å². The van der Waals surface area contributed by atoms with Crippen LogP contribution in [0.1, 0.15) is 48.2 Å². The van der Waals surface area contributed by atoms with E-state index in [9.17, 15) is 0 Å². The van der Waals surface area contributed by atoms with Crippen LogP contribution in [0.15, 0.2) is 113 Å². The number of aliphatic imine (C=N–C) groups is 2. The highest BCUT2D eigenvalue weighted by molar-refractivity contribution is 6.51. The van der Waals surface area contributed by atoms with E-state index in [1.807, 2.05) is 78.3 Å². The van der Waals surface area contributed by atoms with Crippen LogP contribution in [0.3, 0.4) is 0 Å². The number of aromatic nitrogens is 2. The van der Waals surface area contributed by atoms with Crippen LogP contribution in [0.5, 0.6) is 0 Å². The summed E-state index contributed by atoms with van der Waals surface area (Å²) in [6.45, 7) is 4.17. The van der Waals surface area contributed by atoms with E-state index in [-0.39, 0.29) is 5.82 Å². The smallest absolute Gasteiger partial charge is 0.179 e. The molecule has 42 heavy (non-hydrogen) atoms. The van der Waals surface area contributed by atoms with Crippen LogP contribution in [0.4, 0.5) is 27.3 Å². The Hall–Kier alpha value is -5.04. The summed E-state index contributed by atoms with van der Waals surface area (Å²) in [7, 11) is 0. The normalized spacial score (nSPS) is 15.3. The van der Waals surface area contributed by atoms with Crippen molar-refractivity contribution in [1.82, 2.24) is 9.78 Å². The third kappa shape index (κ3) is 4.47. The highest BCUT2D eigenvalue weighted by atomic mass is 19.1. The first-order chi connectivity index (χ1) is 20.6. The Labute approximate surface area is 244 Å². The number of para-hydroxylation sites is 3. The monoisotopic (exact) mass is 554 g/mol. The molecule has 3 heterocycles. The van der Waals surface area contributed by atoms with Crippen molar-refractivity contribution in [3.63, 3.8) is 0 Å². The predicted molar refractivity (Wildman–Crippen MR) is 168 cm³/mol. The van der Waals surface area contributed by atoms with Gasteiger partial charge in [-0.3, -0.25) is 0 Å². The minimum absolute atomic E-state index is 0.279. The van der Waals surface area contributed by atoms with Crippen molar-refractivity contribution in [1.29, 1.82) is 0 Å². The van der Waals surface area contributed by atoms with Crippen LogP contribution in [0.25, 0.3) is 5.69 Å². The third-order valence-electron chi connectivity index (χ3n) is 7.87. The molecule has 1 atom stereocenters. The van der Waals surface area contributed by atoms with Crippen LogP contribution in [0, 0.1) is 12.7 Å². The van der Waals surface area contributed by atoms with Gasteiger partial charge in [0, 0.05) is 16.8 Å². The van der Waals surface area contributed by atoms with Crippen LogP contribution in [-0.2, 0) is 6.42 Å². The number of hydrogen-bond acceptors (Lipinski definition) is 5. The second kappa shape index (κ2) is 10.7. The lowest BCUT2D eigenvalue weighted by Crippen LogP contribution is -2.46. The molecule has 6 nitrogen and oxygen atoms in total. The minimum atomic E-state index is -0.504. The summed E-state index contributed by atoms with van der Waals surface area (Å²) in [5, 5.41) is 8.47. The van der Waals surface area contributed by atoms with Crippen molar-refractivity contribution >= 4 is 34.6 Å². The number of rotatable bonds is 6. The van der Waals surface area contributed by atoms with E-state index in [4.69, 9.17) is 15.1 Å². The molecule has 7 rings (SSSR count). The van der Waals surface area contributed by atoms with Gasteiger partial charge in [0.05, 0.1) is 28.8 Å². The summed E-state index contributed by atoms with van der Waals surface area (Å²) in [5.41, 5.74) is 6.97. The zero-order valence-corrected chi connectivity index (χ0v) is 23.6. The highest BCUT2D eigenvalue weighted by Gasteiger charge is 2.42. The molecule has 0 spiro atoms. The number of aryl methyl sites for hydroxylation is 2. The largest absolute Gasteiger partial charge is 0.337 e. The number of anilines is 2. The van der Waals surface area contributed by atoms with Crippen molar-refractivity contribution in [3.8, 4) is 5.69 Å². The highest BCUT2D eigenvalue weighted by Crippen LogP contribution is 2.48. The van der Waals surface area contributed by atoms with Gasteiger partial charge >= 0.3 is 0 Å². The van der Waals surface area contributed by atoms with Gasteiger partial charge in [-0.15, -0.1) is 0 Å². The summed E-state index contributed by atoms with van der Waals surface area (Å²) in [6, 6.07) is 32.8. The van der Waals surface area contributed by atoms with E-state index in [1.165, 1.54) is 11.6 Å². The molecule has 7 heteroatoms. The molecule has 4 aromatic carbocycles. The number of halogens is 1. The number of amidine groups is 2. The quantitative estimate of drug-likeness (QED) is 0.229. The molecule has 1 N–H and O–H groups in total. The first-order valence-electron chi connectivity index (χ1n) is 14.4. The average Bonchev–Trinajstić information content (AvgIpc) is 3.36. The fourth-order valence-corrected chi connectivity index (χ4v) is 5.81. The van der Waals surface area contributed by atoms with Gasteiger partial charge in [-0.05, 0) is 67.8 Å². The van der Waals surface area contributed by atoms with E-state index in [0.29, 0.717) is 23.1 Å². The van der Waals surface area contributed by atoms with Crippen LogP contribution < -0.4 is 10.2 Å². The third-order valence-corrected chi connectivity index (χ3v) is 7.87. The van der Waals surface area contributed by atoms with Crippen LogP contribution >= 0.6 is 0 Å². The molecule has 0 saturated carbocycles. The van der Waals surface area contributed by atoms with Gasteiger partial charge in [-0.2, -0.15) is 5.10 Å². The minimum Gasteiger partial charge on any atom is -0.337 e. The fourth-order valence-electron chi connectivity index (χ4n) is 5.81. The fraction of sp³-hybridized carbons (Fsp3) is 0.171. The zero-order valence-electron chi connectivity index (χ0n) is 23.6. The molecule has 5 aromatic rings. The Morgan fingerprint density at radius 1 is 0.833 bits per heavy atom. The standard InChI is InChI=1S/C35H31FN6/c1-3-4-12-24-19-21-25(22-20-24)37-33-35-39-34-31(23(2)40-42(34)26-13-6-5-7-14-26)32(27-15-8-9-16-28(27)36)41(35)30-18-11-10-17-29(30)38-33/h5-11,13-22,32H,3-4,12H2,1-2H3,(H,37,38). The Morgan fingerprint density at radius 2 is 1.57 bits per heavy atom. The SMILES string of the molecule is CCCCc1ccc(NC2=Nc3ccccc3N3C2=Nc2c(c(C)nn2-c2ccccc2)C3c2ccccc2F)cc1. The maximum absolute atomic E-state index is 15.7. The molecule has 2 aliphatic rings. The molecule has 0 radical (unpaired) electrons. The molecule has 0 aliphatic carbocycles. The van der Waals surface area contributed by atoms with Gasteiger partial charge in [0.15, 0.2) is 17.5 Å². The molecular weight excluding hydrogens is 523 g/mol. The maximum Gasteiger partial charge on any atom is 0.179 e. The van der Waals surface area contributed by atoms with Gasteiger partial charge in [0.2, 0.25) is 0 Å². The number of hydrogen-bond donors (Lipinski definition) is 1. The summed E-state index contributed by atoms with van der Waals surface area (Å²) in [6.07, 6.45) is 3.38. The predicted octanol–water partition coefficient (Wildman–Crippen LogP) is 8.46. The summed E-state index contributed by atoms with van der Waals surface area (Å²) >= 11 is 0.